The molecule has 0 saturated heterocycles. The Morgan fingerprint density at radius 2 is 2.22 bits per heavy atom. The predicted molar refractivity (Wildman–Crippen MR) is 66.4 cm³/mol. The number of nitrogens with one attached hydrogen (secondary N) is 1. The predicted octanol–water partition coefficient (Wildman–Crippen LogP) is 1.91. The van der Waals surface area contributed by atoms with Gasteiger partial charge in [0.05, 0.1) is 6.20 Å². The smallest absolute Gasteiger partial charge is 0.242 e. The van der Waals surface area contributed by atoms with Gasteiger partial charge in [0.2, 0.25) is 10.0 Å². The number of aromatic nitrogens is 1. The van der Waals surface area contributed by atoms with Gasteiger partial charge in [-0.3, -0.25) is 4.98 Å². The Balaban J connectivity index is 2.17. The van der Waals surface area contributed by atoms with Gasteiger partial charge in [-0.15, -0.1) is 11.6 Å². The van der Waals surface area contributed by atoms with Gasteiger partial charge in [0.1, 0.15) is 10.7 Å². The normalized spacial score (nSPS) is 24.3. The van der Waals surface area contributed by atoms with E-state index in [0.29, 0.717) is 5.88 Å². The highest BCUT2D eigenvalue weighted by molar-refractivity contribution is 7.89. The topological polar surface area (TPSA) is 59.1 Å². The minimum absolute atomic E-state index is 0.142. The molecule has 1 heterocycles. The second-order valence-electron chi connectivity index (χ2n) is 4.41. The molecular weight excluding hydrogens is 279 g/mol. The third-order valence-electron chi connectivity index (χ3n) is 3.15. The lowest BCUT2D eigenvalue weighted by Gasteiger charge is -2.18. The summed E-state index contributed by atoms with van der Waals surface area (Å²) in [6.07, 6.45) is 4.73. The Morgan fingerprint density at radius 1 is 1.44 bits per heavy atom. The molecular formula is C11H14ClFN2O2S. The van der Waals surface area contributed by atoms with Crippen LogP contribution in [-0.4, -0.2) is 25.3 Å². The molecule has 1 aromatic rings. The maximum absolute atomic E-state index is 13.0. The molecule has 4 nitrogen and oxygen atoms in total. The van der Waals surface area contributed by atoms with Gasteiger partial charge in [-0.05, 0) is 24.8 Å². The van der Waals surface area contributed by atoms with Gasteiger partial charge >= 0.3 is 0 Å². The largest absolute Gasteiger partial charge is 0.260 e. The molecule has 1 aromatic heterocycles. The van der Waals surface area contributed by atoms with E-state index >= 15 is 0 Å². The van der Waals surface area contributed by atoms with Crippen molar-refractivity contribution in [2.24, 2.45) is 5.92 Å². The van der Waals surface area contributed by atoms with Crippen LogP contribution in [0, 0.1) is 11.7 Å². The number of alkyl halides is 1. The Kier molecular flexibility index (Phi) is 4.19. The highest BCUT2D eigenvalue weighted by Gasteiger charge is 2.30. The SMILES string of the molecule is O=S(=O)(NC1CCCC1CCl)c1cncc(F)c1. The molecule has 1 fully saturated rings. The summed E-state index contributed by atoms with van der Waals surface area (Å²) in [7, 11) is -3.72. The van der Waals surface area contributed by atoms with E-state index in [2.05, 4.69) is 9.71 Å². The Morgan fingerprint density at radius 3 is 2.89 bits per heavy atom. The van der Waals surface area contributed by atoms with Crippen LogP contribution in [0.25, 0.3) is 0 Å². The summed E-state index contributed by atoms with van der Waals surface area (Å²) in [6.45, 7) is 0. The van der Waals surface area contributed by atoms with E-state index in [4.69, 9.17) is 11.6 Å². The van der Waals surface area contributed by atoms with Crippen LogP contribution < -0.4 is 4.72 Å². The zero-order chi connectivity index (χ0) is 13.2. The summed E-state index contributed by atoms with van der Waals surface area (Å²) in [5.41, 5.74) is 0. The van der Waals surface area contributed by atoms with Gasteiger partial charge in [-0.1, -0.05) is 6.42 Å². The average molecular weight is 293 g/mol. The molecule has 2 unspecified atom stereocenters. The first-order valence-electron chi connectivity index (χ1n) is 5.72. The first-order chi connectivity index (χ1) is 8.53. The summed E-state index contributed by atoms with van der Waals surface area (Å²) >= 11 is 5.80. The standard InChI is InChI=1S/C11H14ClFN2O2S/c12-5-8-2-1-3-11(8)15-18(16,17)10-4-9(13)6-14-7-10/h4,6-8,11,15H,1-3,5H2. The van der Waals surface area contributed by atoms with E-state index in [9.17, 15) is 12.8 Å². The molecule has 2 atom stereocenters. The minimum Gasteiger partial charge on any atom is -0.260 e. The summed E-state index contributed by atoms with van der Waals surface area (Å²) in [6, 6.07) is 0.788. The van der Waals surface area contributed by atoms with Crippen LogP contribution in [0.2, 0.25) is 0 Å². The molecule has 0 aliphatic heterocycles. The van der Waals surface area contributed by atoms with Crippen molar-refractivity contribution in [3.8, 4) is 0 Å². The highest BCUT2D eigenvalue weighted by atomic mass is 35.5. The number of pyridine rings is 1. The van der Waals surface area contributed by atoms with Gasteiger partial charge in [-0.2, -0.15) is 0 Å². The molecule has 1 aliphatic carbocycles. The fourth-order valence-electron chi connectivity index (χ4n) is 2.18. The van der Waals surface area contributed by atoms with Gasteiger partial charge in [-0.25, -0.2) is 17.5 Å². The number of nitrogens with zero attached hydrogens (tertiary/aromatic N) is 1. The van der Waals surface area contributed by atoms with Gasteiger partial charge in [0.15, 0.2) is 0 Å². The van der Waals surface area contributed by atoms with Crippen molar-refractivity contribution in [3.63, 3.8) is 0 Å². The van der Waals surface area contributed by atoms with Crippen LogP contribution in [0.3, 0.4) is 0 Å². The van der Waals surface area contributed by atoms with E-state index in [1.807, 2.05) is 0 Å². The third kappa shape index (κ3) is 2.99. The van der Waals surface area contributed by atoms with Gasteiger partial charge in [0, 0.05) is 18.1 Å². The van der Waals surface area contributed by atoms with Crippen molar-refractivity contribution in [2.45, 2.75) is 30.2 Å². The van der Waals surface area contributed by atoms with Crippen molar-refractivity contribution >= 4 is 21.6 Å². The number of sulfonamides is 1. The van der Waals surface area contributed by atoms with E-state index in [0.717, 1.165) is 37.7 Å². The van der Waals surface area contributed by atoms with Crippen molar-refractivity contribution in [1.29, 1.82) is 0 Å². The number of hydrogen-bond donors (Lipinski definition) is 1. The molecule has 1 N–H and O–H groups in total. The molecule has 0 spiro atoms. The van der Waals surface area contributed by atoms with E-state index in [1.165, 1.54) is 0 Å². The summed E-state index contributed by atoms with van der Waals surface area (Å²) in [4.78, 5) is 3.39. The maximum atomic E-state index is 13.0. The fraction of sp³-hybridized carbons (Fsp3) is 0.545. The van der Waals surface area contributed by atoms with Crippen molar-refractivity contribution in [1.82, 2.24) is 9.71 Å². The molecule has 1 saturated carbocycles. The molecule has 1 aliphatic rings. The van der Waals surface area contributed by atoms with E-state index in [-0.39, 0.29) is 16.9 Å². The van der Waals surface area contributed by atoms with Crippen LogP contribution in [0.15, 0.2) is 23.4 Å². The molecule has 0 amide bonds. The number of halogens is 2. The molecule has 100 valence electrons. The average Bonchev–Trinajstić information content (AvgIpc) is 2.75. The lowest BCUT2D eigenvalue weighted by molar-refractivity contribution is 0.480. The van der Waals surface area contributed by atoms with Crippen LogP contribution >= 0.6 is 11.6 Å². The van der Waals surface area contributed by atoms with Gasteiger partial charge < -0.3 is 0 Å². The van der Waals surface area contributed by atoms with Crippen LogP contribution in [0.1, 0.15) is 19.3 Å². The molecule has 18 heavy (non-hydrogen) atoms. The lowest BCUT2D eigenvalue weighted by atomic mass is 10.1. The molecule has 0 radical (unpaired) electrons. The molecule has 0 bridgehead atoms. The second-order valence-corrected chi connectivity index (χ2v) is 6.43. The molecule has 0 aromatic carbocycles. The maximum Gasteiger partial charge on any atom is 0.242 e. The number of rotatable bonds is 4. The quantitative estimate of drug-likeness (QED) is 0.863. The first kappa shape index (κ1) is 13.7. The van der Waals surface area contributed by atoms with Crippen molar-refractivity contribution in [3.05, 3.63) is 24.3 Å². The Hall–Kier alpha value is -0.720. The second kappa shape index (κ2) is 5.50. The zero-order valence-corrected chi connectivity index (χ0v) is 11.2. The van der Waals surface area contributed by atoms with Crippen LogP contribution in [0.4, 0.5) is 4.39 Å². The van der Waals surface area contributed by atoms with E-state index in [1.54, 1.807) is 0 Å². The Labute approximate surface area is 111 Å². The lowest BCUT2D eigenvalue weighted by Crippen LogP contribution is -2.38. The molecule has 7 heteroatoms. The first-order valence-corrected chi connectivity index (χ1v) is 7.73. The third-order valence-corrected chi connectivity index (χ3v) is 5.01. The zero-order valence-electron chi connectivity index (χ0n) is 9.64. The molecule has 2 rings (SSSR count). The van der Waals surface area contributed by atoms with Crippen LogP contribution in [0.5, 0.6) is 0 Å². The fourth-order valence-corrected chi connectivity index (χ4v) is 3.87. The minimum atomic E-state index is -3.72. The summed E-state index contributed by atoms with van der Waals surface area (Å²) in [5, 5.41) is 0. The van der Waals surface area contributed by atoms with Crippen molar-refractivity contribution < 1.29 is 12.8 Å². The van der Waals surface area contributed by atoms with Gasteiger partial charge in [0.25, 0.3) is 0 Å². The number of hydrogen-bond acceptors (Lipinski definition) is 3. The highest BCUT2D eigenvalue weighted by Crippen LogP contribution is 2.27. The summed E-state index contributed by atoms with van der Waals surface area (Å²) in [5.74, 6) is -0.102. The summed E-state index contributed by atoms with van der Waals surface area (Å²) < 4.78 is 39.6. The van der Waals surface area contributed by atoms with Crippen molar-refractivity contribution in [2.75, 3.05) is 5.88 Å². The monoisotopic (exact) mass is 292 g/mol. The Bertz CT molecular complexity index is 524. The van der Waals surface area contributed by atoms with Crippen LogP contribution in [-0.2, 0) is 10.0 Å². The van der Waals surface area contributed by atoms with E-state index < -0.39 is 15.8 Å².